The third kappa shape index (κ3) is 4.71. The molecule has 1 saturated heterocycles. The predicted molar refractivity (Wildman–Crippen MR) is 110 cm³/mol. The first-order valence-corrected chi connectivity index (χ1v) is 9.86. The number of fused-ring (bicyclic) bond motifs is 1. The topological polar surface area (TPSA) is 54.5 Å². The van der Waals surface area contributed by atoms with E-state index in [1.54, 1.807) is 24.3 Å². The summed E-state index contributed by atoms with van der Waals surface area (Å²) in [4.78, 5) is 18.9. The number of nitrogens with one attached hydrogen (secondary N) is 1. The molecule has 1 aliphatic rings. The highest BCUT2D eigenvalue weighted by atomic mass is 19.1. The Morgan fingerprint density at radius 1 is 1.14 bits per heavy atom. The van der Waals surface area contributed by atoms with Gasteiger partial charge in [0.05, 0.1) is 0 Å². The van der Waals surface area contributed by atoms with Gasteiger partial charge in [-0.1, -0.05) is 30.3 Å². The van der Waals surface area contributed by atoms with Crippen LogP contribution in [-0.2, 0) is 6.54 Å². The number of hydrogen-bond acceptors (Lipinski definition) is 4. The molecule has 0 spiro atoms. The fourth-order valence-electron chi connectivity index (χ4n) is 3.49. The molecule has 5 nitrogen and oxygen atoms in total. The van der Waals surface area contributed by atoms with Crippen molar-refractivity contribution in [3.05, 3.63) is 71.7 Å². The van der Waals surface area contributed by atoms with Gasteiger partial charge in [0.25, 0.3) is 5.91 Å². The molecular formula is C23H24FN3O2. The van der Waals surface area contributed by atoms with E-state index in [0.717, 1.165) is 37.2 Å². The van der Waals surface area contributed by atoms with E-state index in [1.165, 1.54) is 6.07 Å². The average molecular weight is 393 g/mol. The molecule has 0 unspecified atom stereocenters. The van der Waals surface area contributed by atoms with Crippen molar-refractivity contribution in [2.45, 2.75) is 25.5 Å². The fraction of sp³-hybridized carbons (Fsp3) is 0.304. The fourth-order valence-corrected chi connectivity index (χ4v) is 3.49. The summed E-state index contributed by atoms with van der Waals surface area (Å²) in [6.45, 7) is 2.48. The number of aromatic nitrogens is 1. The van der Waals surface area contributed by atoms with Gasteiger partial charge in [-0.15, -0.1) is 0 Å². The summed E-state index contributed by atoms with van der Waals surface area (Å²) in [6, 6.07) is 15.8. The van der Waals surface area contributed by atoms with E-state index in [-0.39, 0.29) is 23.2 Å². The summed E-state index contributed by atoms with van der Waals surface area (Å²) >= 11 is 0. The van der Waals surface area contributed by atoms with Crippen molar-refractivity contribution in [2.24, 2.45) is 0 Å². The quantitative estimate of drug-likeness (QED) is 0.717. The van der Waals surface area contributed by atoms with Crippen LogP contribution in [0.5, 0.6) is 5.75 Å². The van der Waals surface area contributed by atoms with Crippen molar-refractivity contribution < 1.29 is 13.9 Å². The summed E-state index contributed by atoms with van der Waals surface area (Å²) in [5.41, 5.74) is 1.36. The van der Waals surface area contributed by atoms with Crippen molar-refractivity contribution >= 4 is 16.8 Å². The van der Waals surface area contributed by atoms with Crippen LogP contribution >= 0.6 is 0 Å². The molecule has 0 bridgehead atoms. The lowest BCUT2D eigenvalue weighted by atomic mass is 10.1. The first-order chi connectivity index (χ1) is 14.1. The number of benzene rings is 2. The maximum Gasteiger partial charge on any atom is 0.270 e. The van der Waals surface area contributed by atoms with Gasteiger partial charge < -0.3 is 15.0 Å². The molecule has 0 radical (unpaired) electrons. The van der Waals surface area contributed by atoms with Gasteiger partial charge in [-0.05, 0) is 49.7 Å². The molecule has 0 atom stereocenters. The van der Waals surface area contributed by atoms with Crippen molar-refractivity contribution in [3.63, 3.8) is 0 Å². The van der Waals surface area contributed by atoms with Gasteiger partial charge in [-0.2, -0.15) is 0 Å². The number of amides is 1. The minimum atomic E-state index is -0.433. The van der Waals surface area contributed by atoms with E-state index in [2.05, 4.69) is 22.2 Å². The first kappa shape index (κ1) is 19.3. The predicted octanol–water partition coefficient (Wildman–Crippen LogP) is 3.78. The molecule has 29 heavy (non-hydrogen) atoms. The van der Waals surface area contributed by atoms with Crippen LogP contribution in [0, 0.1) is 5.82 Å². The SMILES string of the molecule is CN1CCC(Oc2ccc(CNC(=O)c3ccc4cccc(F)c4n3)cc2)CC1. The minimum absolute atomic E-state index is 0.199. The van der Waals surface area contributed by atoms with Gasteiger partial charge in [-0.25, -0.2) is 9.37 Å². The number of piperidine rings is 1. The molecular weight excluding hydrogens is 369 g/mol. The summed E-state index contributed by atoms with van der Waals surface area (Å²) in [7, 11) is 2.13. The molecule has 6 heteroatoms. The Bertz CT molecular complexity index is 999. The monoisotopic (exact) mass is 393 g/mol. The van der Waals surface area contributed by atoms with Gasteiger partial charge in [-0.3, -0.25) is 4.79 Å². The number of carbonyl (C=O) groups excluding carboxylic acids is 1. The maximum absolute atomic E-state index is 13.9. The van der Waals surface area contributed by atoms with Gasteiger partial charge in [0.1, 0.15) is 28.9 Å². The van der Waals surface area contributed by atoms with Gasteiger partial charge in [0.2, 0.25) is 0 Å². The third-order valence-electron chi connectivity index (χ3n) is 5.25. The molecule has 2 aromatic carbocycles. The average Bonchev–Trinajstić information content (AvgIpc) is 2.75. The van der Waals surface area contributed by atoms with Crippen molar-refractivity contribution in [1.29, 1.82) is 0 Å². The third-order valence-corrected chi connectivity index (χ3v) is 5.25. The molecule has 0 saturated carbocycles. The Hall–Kier alpha value is -2.99. The van der Waals surface area contributed by atoms with Crippen LogP contribution in [0.4, 0.5) is 4.39 Å². The smallest absolute Gasteiger partial charge is 0.270 e. The second kappa shape index (κ2) is 8.57. The number of rotatable bonds is 5. The molecule has 1 fully saturated rings. The lowest BCUT2D eigenvalue weighted by Crippen LogP contribution is -2.35. The van der Waals surface area contributed by atoms with Gasteiger partial charge in [0.15, 0.2) is 0 Å². The van der Waals surface area contributed by atoms with E-state index in [9.17, 15) is 9.18 Å². The maximum atomic E-state index is 13.9. The van der Waals surface area contributed by atoms with Crippen molar-refractivity contribution in [3.8, 4) is 5.75 Å². The summed E-state index contributed by atoms with van der Waals surface area (Å²) in [6.07, 6.45) is 2.33. The van der Waals surface area contributed by atoms with E-state index >= 15 is 0 Å². The number of nitrogens with zero attached hydrogens (tertiary/aromatic N) is 2. The highest BCUT2D eigenvalue weighted by Gasteiger charge is 2.18. The second-order valence-corrected chi connectivity index (χ2v) is 7.46. The number of hydrogen-bond donors (Lipinski definition) is 1. The van der Waals surface area contributed by atoms with Crippen LogP contribution < -0.4 is 10.1 Å². The van der Waals surface area contributed by atoms with Crippen LogP contribution in [0.25, 0.3) is 10.9 Å². The second-order valence-electron chi connectivity index (χ2n) is 7.46. The number of ether oxygens (including phenoxy) is 1. The van der Waals surface area contributed by atoms with Crippen LogP contribution in [0.1, 0.15) is 28.9 Å². The number of halogens is 1. The van der Waals surface area contributed by atoms with E-state index in [0.29, 0.717) is 11.9 Å². The summed E-state index contributed by atoms with van der Waals surface area (Å²) in [5, 5.41) is 3.50. The van der Waals surface area contributed by atoms with Crippen LogP contribution in [0.3, 0.4) is 0 Å². The molecule has 0 aliphatic carbocycles. The number of para-hydroxylation sites is 1. The number of likely N-dealkylation sites (tertiary alicyclic amines) is 1. The molecule has 4 rings (SSSR count). The Morgan fingerprint density at radius 3 is 2.66 bits per heavy atom. The minimum Gasteiger partial charge on any atom is -0.490 e. The lowest BCUT2D eigenvalue weighted by molar-refractivity contribution is 0.0946. The zero-order valence-electron chi connectivity index (χ0n) is 16.4. The van der Waals surface area contributed by atoms with E-state index < -0.39 is 5.82 Å². The Balaban J connectivity index is 1.34. The van der Waals surface area contributed by atoms with Crippen LogP contribution in [-0.4, -0.2) is 42.0 Å². The molecule has 1 N–H and O–H groups in total. The van der Waals surface area contributed by atoms with Crippen molar-refractivity contribution in [1.82, 2.24) is 15.2 Å². The Labute approximate surface area is 169 Å². The van der Waals surface area contributed by atoms with Crippen LogP contribution in [0.2, 0.25) is 0 Å². The highest BCUT2D eigenvalue weighted by Crippen LogP contribution is 2.19. The zero-order chi connectivity index (χ0) is 20.2. The first-order valence-electron chi connectivity index (χ1n) is 9.86. The summed E-state index contributed by atoms with van der Waals surface area (Å²) < 4.78 is 19.9. The molecule has 1 aliphatic heterocycles. The van der Waals surface area contributed by atoms with Crippen LogP contribution in [0.15, 0.2) is 54.6 Å². The number of carbonyl (C=O) groups is 1. The van der Waals surface area contributed by atoms with Crippen molar-refractivity contribution in [2.75, 3.05) is 20.1 Å². The molecule has 1 aromatic heterocycles. The van der Waals surface area contributed by atoms with E-state index in [1.807, 2.05) is 24.3 Å². The molecule has 3 aromatic rings. The zero-order valence-corrected chi connectivity index (χ0v) is 16.4. The molecule has 150 valence electrons. The standard InChI is InChI=1S/C23H24FN3O2/c1-27-13-11-19(12-14-27)29-18-8-5-16(6-9-18)15-25-23(28)21-10-7-17-3-2-4-20(24)22(17)26-21/h2-10,19H,11-15H2,1H3,(H,25,28). The normalized spacial score (nSPS) is 15.4. The Morgan fingerprint density at radius 2 is 1.90 bits per heavy atom. The largest absolute Gasteiger partial charge is 0.490 e. The lowest BCUT2D eigenvalue weighted by Gasteiger charge is -2.29. The van der Waals surface area contributed by atoms with E-state index in [4.69, 9.17) is 4.74 Å². The number of pyridine rings is 1. The summed E-state index contributed by atoms with van der Waals surface area (Å²) in [5.74, 6) is 0.0838. The Kier molecular flexibility index (Phi) is 5.71. The molecule has 2 heterocycles. The molecule has 1 amide bonds. The highest BCUT2D eigenvalue weighted by molar-refractivity contribution is 5.94. The van der Waals surface area contributed by atoms with Gasteiger partial charge in [0, 0.05) is 25.0 Å². The van der Waals surface area contributed by atoms with Gasteiger partial charge >= 0.3 is 0 Å².